The zero-order valence-corrected chi connectivity index (χ0v) is 10.3. The molecule has 1 amide bonds. The van der Waals surface area contributed by atoms with Gasteiger partial charge in [0.15, 0.2) is 0 Å². The number of nitrogens with zero attached hydrogens (tertiary/aromatic N) is 1. The highest BCUT2D eigenvalue weighted by Crippen LogP contribution is 2.22. The van der Waals surface area contributed by atoms with E-state index < -0.39 is 11.9 Å². The first-order valence-corrected chi connectivity index (χ1v) is 5.56. The molecule has 84 valence electrons. The molecule has 1 aromatic rings. The Bertz CT molecular complexity index is 440. The smallest absolute Gasteiger partial charge is 0.256 e. The van der Waals surface area contributed by atoms with Crippen molar-refractivity contribution in [1.29, 1.82) is 5.26 Å². The number of amides is 1. The summed E-state index contributed by atoms with van der Waals surface area (Å²) in [5.74, 6) is -0.557. The predicted molar refractivity (Wildman–Crippen MR) is 63.0 cm³/mol. The van der Waals surface area contributed by atoms with Crippen molar-refractivity contribution in [2.75, 3.05) is 0 Å². The molecule has 0 heterocycles. The molecule has 0 aromatic heterocycles. The number of phenolic OH excluding ortho intramolecular Hbond substituents is 1. The first-order valence-electron chi connectivity index (χ1n) is 4.77. The molecule has 16 heavy (non-hydrogen) atoms. The molecule has 0 radical (unpaired) electrons. The first-order chi connectivity index (χ1) is 7.58. The van der Waals surface area contributed by atoms with Gasteiger partial charge in [-0.3, -0.25) is 4.79 Å². The number of rotatable bonds is 3. The third kappa shape index (κ3) is 2.97. The Morgan fingerprint density at radius 1 is 1.69 bits per heavy atom. The summed E-state index contributed by atoms with van der Waals surface area (Å²) in [4.78, 5) is 11.7. The van der Waals surface area contributed by atoms with Crippen molar-refractivity contribution in [1.82, 2.24) is 5.32 Å². The van der Waals surface area contributed by atoms with Crippen LogP contribution in [-0.2, 0) is 0 Å². The zero-order valence-electron chi connectivity index (χ0n) is 8.70. The lowest BCUT2D eigenvalue weighted by Gasteiger charge is -2.10. The predicted octanol–water partition coefficient (Wildman–Crippen LogP) is 2.19. The Balaban J connectivity index is 2.85. The van der Waals surface area contributed by atoms with Gasteiger partial charge in [0.25, 0.3) is 5.91 Å². The average molecular weight is 283 g/mol. The molecule has 5 heteroatoms. The van der Waals surface area contributed by atoms with Crippen LogP contribution in [0.4, 0.5) is 0 Å². The zero-order chi connectivity index (χ0) is 12.1. The number of nitriles is 1. The molecule has 2 N–H and O–H groups in total. The summed E-state index contributed by atoms with van der Waals surface area (Å²) in [6.07, 6.45) is 0.527. The number of hydrogen-bond acceptors (Lipinski definition) is 3. The molecule has 1 atom stereocenters. The second kappa shape index (κ2) is 5.52. The number of carbonyl (C=O) groups excluding carboxylic acids is 1. The minimum Gasteiger partial charge on any atom is -0.507 e. The van der Waals surface area contributed by atoms with E-state index in [1.807, 2.05) is 6.07 Å². The van der Waals surface area contributed by atoms with Crippen LogP contribution in [0.5, 0.6) is 5.75 Å². The summed E-state index contributed by atoms with van der Waals surface area (Å²) >= 11 is 3.18. The third-order valence-corrected chi connectivity index (χ3v) is 2.57. The minimum atomic E-state index is -0.532. The van der Waals surface area contributed by atoms with Crippen LogP contribution in [0.1, 0.15) is 23.7 Å². The molecule has 0 spiro atoms. The van der Waals surface area contributed by atoms with Gasteiger partial charge in [0.05, 0.1) is 11.6 Å². The van der Waals surface area contributed by atoms with Crippen molar-refractivity contribution in [3.63, 3.8) is 0 Å². The summed E-state index contributed by atoms with van der Waals surface area (Å²) in [6.45, 7) is 1.80. The number of aromatic hydroxyl groups is 1. The number of phenols is 1. The van der Waals surface area contributed by atoms with Gasteiger partial charge in [-0.2, -0.15) is 5.26 Å². The Kier molecular flexibility index (Phi) is 4.32. The lowest BCUT2D eigenvalue weighted by atomic mass is 10.1. The van der Waals surface area contributed by atoms with Crippen LogP contribution in [0.2, 0.25) is 0 Å². The topological polar surface area (TPSA) is 73.1 Å². The molecule has 1 aromatic carbocycles. The summed E-state index contributed by atoms with van der Waals surface area (Å²) < 4.78 is 0.689. The lowest BCUT2D eigenvalue weighted by Crippen LogP contribution is -2.33. The van der Waals surface area contributed by atoms with Gasteiger partial charge in [-0.1, -0.05) is 22.9 Å². The Morgan fingerprint density at radius 2 is 2.38 bits per heavy atom. The van der Waals surface area contributed by atoms with Crippen molar-refractivity contribution in [3.8, 4) is 11.8 Å². The van der Waals surface area contributed by atoms with E-state index in [4.69, 9.17) is 5.26 Å². The van der Waals surface area contributed by atoms with Crippen LogP contribution in [0.3, 0.4) is 0 Å². The van der Waals surface area contributed by atoms with Crippen LogP contribution < -0.4 is 5.32 Å². The molecule has 1 rings (SSSR count). The molecule has 4 nitrogen and oxygen atoms in total. The third-order valence-electron chi connectivity index (χ3n) is 2.07. The molecule has 0 saturated carbocycles. The highest BCUT2D eigenvalue weighted by molar-refractivity contribution is 9.10. The molecule has 0 aliphatic carbocycles. The second-order valence-electron chi connectivity index (χ2n) is 3.22. The van der Waals surface area contributed by atoms with Gasteiger partial charge in [-0.25, -0.2) is 0 Å². The Labute approximate surface area is 102 Å². The molecular formula is C11H11BrN2O2. The van der Waals surface area contributed by atoms with Crippen LogP contribution in [0.25, 0.3) is 0 Å². The van der Waals surface area contributed by atoms with Crippen molar-refractivity contribution >= 4 is 21.8 Å². The van der Waals surface area contributed by atoms with E-state index in [-0.39, 0.29) is 11.3 Å². The monoisotopic (exact) mass is 282 g/mol. The fourth-order valence-corrected chi connectivity index (χ4v) is 1.51. The normalized spacial score (nSPS) is 11.6. The van der Waals surface area contributed by atoms with E-state index in [2.05, 4.69) is 21.2 Å². The van der Waals surface area contributed by atoms with E-state index in [0.717, 1.165) is 0 Å². The molecule has 0 aliphatic rings. The maximum Gasteiger partial charge on any atom is 0.256 e. The van der Waals surface area contributed by atoms with Gasteiger partial charge < -0.3 is 10.4 Å². The van der Waals surface area contributed by atoms with Crippen molar-refractivity contribution < 1.29 is 9.90 Å². The van der Waals surface area contributed by atoms with Crippen LogP contribution >= 0.6 is 15.9 Å². The SMILES string of the molecule is CCC(C#N)NC(=O)c1ccc(Br)cc1O. The second-order valence-corrected chi connectivity index (χ2v) is 4.14. The lowest BCUT2D eigenvalue weighted by molar-refractivity contribution is 0.0942. The van der Waals surface area contributed by atoms with Gasteiger partial charge >= 0.3 is 0 Å². The summed E-state index contributed by atoms with van der Waals surface area (Å²) in [6, 6.07) is 6.01. The van der Waals surface area contributed by atoms with Crippen LogP contribution in [-0.4, -0.2) is 17.1 Å². The number of carbonyl (C=O) groups is 1. The molecule has 0 saturated heterocycles. The van der Waals surface area contributed by atoms with Gasteiger partial charge in [0.1, 0.15) is 11.8 Å². The fourth-order valence-electron chi connectivity index (χ4n) is 1.16. The maximum absolute atomic E-state index is 11.7. The average Bonchev–Trinajstić information content (AvgIpc) is 2.25. The van der Waals surface area contributed by atoms with Gasteiger partial charge in [0, 0.05) is 4.47 Å². The summed E-state index contributed by atoms with van der Waals surface area (Å²) in [5.41, 5.74) is 0.164. The van der Waals surface area contributed by atoms with Gasteiger partial charge in [-0.15, -0.1) is 0 Å². The number of halogens is 1. The van der Waals surface area contributed by atoms with Crippen LogP contribution in [0.15, 0.2) is 22.7 Å². The maximum atomic E-state index is 11.7. The molecule has 1 unspecified atom stereocenters. The largest absolute Gasteiger partial charge is 0.507 e. The van der Waals surface area contributed by atoms with E-state index in [0.29, 0.717) is 10.9 Å². The summed E-state index contributed by atoms with van der Waals surface area (Å²) in [7, 11) is 0. The van der Waals surface area contributed by atoms with E-state index >= 15 is 0 Å². The number of hydrogen-bond donors (Lipinski definition) is 2. The van der Waals surface area contributed by atoms with E-state index in [9.17, 15) is 9.90 Å². The van der Waals surface area contributed by atoms with Gasteiger partial charge in [0.2, 0.25) is 0 Å². The molecule has 0 aliphatic heterocycles. The first kappa shape index (κ1) is 12.5. The summed E-state index contributed by atoms with van der Waals surface area (Å²) in [5, 5.41) is 20.8. The van der Waals surface area contributed by atoms with E-state index in [1.54, 1.807) is 13.0 Å². The highest BCUT2D eigenvalue weighted by Gasteiger charge is 2.14. The van der Waals surface area contributed by atoms with E-state index in [1.165, 1.54) is 12.1 Å². The highest BCUT2D eigenvalue weighted by atomic mass is 79.9. The molecule has 0 fully saturated rings. The molecule has 0 bridgehead atoms. The number of nitrogens with one attached hydrogen (secondary N) is 1. The molecular weight excluding hydrogens is 272 g/mol. The quantitative estimate of drug-likeness (QED) is 0.893. The van der Waals surface area contributed by atoms with Crippen molar-refractivity contribution in [2.45, 2.75) is 19.4 Å². The van der Waals surface area contributed by atoms with Crippen molar-refractivity contribution in [2.24, 2.45) is 0 Å². The van der Waals surface area contributed by atoms with Crippen LogP contribution in [0, 0.1) is 11.3 Å². The fraction of sp³-hybridized carbons (Fsp3) is 0.273. The van der Waals surface area contributed by atoms with Crippen molar-refractivity contribution in [3.05, 3.63) is 28.2 Å². The minimum absolute atomic E-state index is 0.111. The Morgan fingerprint density at radius 3 is 2.88 bits per heavy atom. The number of benzene rings is 1. The standard InChI is InChI=1S/C11H11BrN2O2/c1-2-8(6-13)14-11(16)9-4-3-7(12)5-10(9)15/h3-5,8,15H,2H2,1H3,(H,14,16). The Hall–Kier alpha value is -1.54. The van der Waals surface area contributed by atoms with Gasteiger partial charge in [-0.05, 0) is 24.6 Å².